The van der Waals surface area contributed by atoms with Gasteiger partial charge in [-0.05, 0) is 63.2 Å². The predicted molar refractivity (Wildman–Crippen MR) is 181 cm³/mol. The quantitative estimate of drug-likeness (QED) is 0.158. The highest BCUT2D eigenvalue weighted by molar-refractivity contribution is 6.00. The van der Waals surface area contributed by atoms with Gasteiger partial charge >= 0.3 is 11.9 Å². The molecule has 1 N–H and O–H groups in total. The Hall–Kier alpha value is -1.36. The molecular weight excluding hydrogens is 548 g/mol. The summed E-state index contributed by atoms with van der Waals surface area (Å²) in [6, 6.07) is 0. The molecule has 3 saturated carbocycles. The van der Waals surface area contributed by atoms with Crippen molar-refractivity contribution in [3.05, 3.63) is 11.1 Å². The van der Waals surface area contributed by atoms with Gasteiger partial charge in [-0.25, -0.2) is 9.59 Å². The number of rotatable bonds is 9. The average Bonchev–Trinajstić information content (AvgIpc) is 3.03. The largest absolute Gasteiger partial charge is 0.478 e. The Labute approximate surface area is 270 Å². The topological polar surface area (TPSA) is 72.8 Å². The zero-order valence-electron chi connectivity index (χ0n) is 28.8. The lowest BCUT2D eigenvalue weighted by atomic mass is 9.49. The fraction of sp³-hybridized carbons (Fsp3) is 0.897. The second kappa shape index (κ2) is 21.4. The molecule has 44 heavy (non-hydrogen) atoms. The van der Waals surface area contributed by atoms with Crippen molar-refractivity contribution in [2.24, 2.45) is 23.2 Å². The Morgan fingerprint density at radius 1 is 0.545 bits per heavy atom. The number of hydrogen-bond donors (Lipinski definition) is 1. The number of methoxy groups -OCH3 is 1. The summed E-state index contributed by atoms with van der Waals surface area (Å²) in [6.07, 6.45) is 33.0. The van der Waals surface area contributed by atoms with Crippen LogP contribution in [0.1, 0.15) is 180 Å². The maximum Gasteiger partial charge on any atom is 0.335 e. The molecule has 0 aliphatic heterocycles. The Bertz CT molecular complexity index is 753. The van der Waals surface area contributed by atoms with E-state index in [1.165, 1.54) is 135 Å². The van der Waals surface area contributed by atoms with Crippen molar-refractivity contribution in [1.29, 1.82) is 0 Å². The first-order chi connectivity index (χ1) is 21.5. The highest BCUT2D eigenvalue weighted by atomic mass is 16.6. The number of esters is 1. The molecule has 0 aromatic carbocycles. The molecular formula is C39H68O5. The van der Waals surface area contributed by atoms with Crippen LogP contribution in [0.2, 0.25) is 0 Å². The Morgan fingerprint density at radius 3 is 1.11 bits per heavy atom. The summed E-state index contributed by atoms with van der Waals surface area (Å²) in [5.41, 5.74) is 0.357. The van der Waals surface area contributed by atoms with Gasteiger partial charge in [-0.2, -0.15) is 0 Å². The standard InChI is InChI=1S/C39H68O5/c1-32(37(40)41)36(38(42)44-31-30-43-2)39(33-24-18-12-6-3-7-13-19-25-33,34-26-20-14-8-4-9-15-21-27-34)35-28-22-16-10-5-11-17-23-29-35/h33-35H,3-31H2,1-2H3,(H,40,41). The third-order valence-electron chi connectivity index (χ3n) is 11.7. The molecule has 3 aliphatic carbocycles. The summed E-state index contributed by atoms with van der Waals surface area (Å²) in [5.74, 6) is -0.358. The van der Waals surface area contributed by atoms with Crippen molar-refractivity contribution in [2.45, 2.75) is 180 Å². The number of carboxylic acid groups (broad SMARTS) is 1. The van der Waals surface area contributed by atoms with E-state index in [-0.39, 0.29) is 18.1 Å². The van der Waals surface area contributed by atoms with Gasteiger partial charge in [-0.15, -0.1) is 0 Å². The third-order valence-corrected chi connectivity index (χ3v) is 11.7. The van der Waals surface area contributed by atoms with Gasteiger partial charge in [0, 0.05) is 18.1 Å². The van der Waals surface area contributed by atoms with Gasteiger partial charge in [0.25, 0.3) is 0 Å². The number of carbonyl (C=O) groups is 2. The minimum Gasteiger partial charge on any atom is -0.478 e. The van der Waals surface area contributed by atoms with Crippen LogP contribution in [0, 0.1) is 23.2 Å². The minimum absolute atomic E-state index is 0.168. The molecule has 3 aliphatic rings. The number of carbonyl (C=O) groups excluding carboxylic acids is 1. The maximum atomic E-state index is 14.6. The van der Waals surface area contributed by atoms with Crippen LogP contribution >= 0.6 is 0 Å². The van der Waals surface area contributed by atoms with E-state index in [1.807, 2.05) is 0 Å². The van der Waals surface area contributed by atoms with E-state index in [2.05, 4.69) is 0 Å². The van der Waals surface area contributed by atoms with E-state index in [1.54, 1.807) is 14.0 Å². The van der Waals surface area contributed by atoms with Crippen molar-refractivity contribution < 1.29 is 24.2 Å². The summed E-state index contributed by atoms with van der Waals surface area (Å²) in [6.45, 7) is 2.22. The molecule has 5 nitrogen and oxygen atoms in total. The molecule has 3 rings (SSSR count). The van der Waals surface area contributed by atoms with Crippen molar-refractivity contribution in [3.63, 3.8) is 0 Å². The van der Waals surface area contributed by atoms with E-state index in [0.717, 1.165) is 38.5 Å². The van der Waals surface area contributed by atoms with E-state index < -0.39 is 11.4 Å². The third kappa shape index (κ3) is 11.2. The molecule has 0 heterocycles. The van der Waals surface area contributed by atoms with Crippen LogP contribution in [0.5, 0.6) is 0 Å². The first-order valence-electron chi connectivity index (χ1n) is 19.1. The molecule has 0 amide bonds. The van der Waals surface area contributed by atoms with Gasteiger partial charge in [0.05, 0.1) is 12.2 Å². The van der Waals surface area contributed by atoms with Crippen molar-refractivity contribution in [3.8, 4) is 0 Å². The van der Waals surface area contributed by atoms with Crippen molar-refractivity contribution >= 4 is 11.9 Å². The number of aliphatic carboxylic acids is 1. The Balaban J connectivity index is 2.29. The van der Waals surface area contributed by atoms with Gasteiger partial charge < -0.3 is 14.6 Å². The molecule has 0 aromatic rings. The Kier molecular flexibility index (Phi) is 18.1. The molecule has 5 heteroatoms. The summed E-state index contributed by atoms with van der Waals surface area (Å²) in [5, 5.41) is 10.7. The second-order valence-electron chi connectivity index (χ2n) is 14.6. The van der Waals surface area contributed by atoms with Crippen LogP contribution in [0.15, 0.2) is 11.1 Å². The minimum atomic E-state index is -0.951. The van der Waals surface area contributed by atoms with Crippen molar-refractivity contribution in [2.75, 3.05) is 20.3 Å². The average molecular weight is 617 g/mol. The fourth-order valence-electron chi connectivity index (χ4n) is 9.53. The van der Waals surface area contributed by atoms with E-state index in [4.69, 9.17) is 9.47 Å². The lowest BCUT2D eigenvalue weighted by molar-refractivity contribution is -0.146. The van der Waals surface area contributed by atoms with E-state index >= 15 is 0 Å². The lowest BCUT2D eigenvalue weighted by Crippen LogP contribution is -2.50. The molecule has 0 atom stereocenters. The zero-order chi connectivity index (χ0) is 31.5. The van der Waals surface area contributed by atoms with Crippen molar-refractivity contribution in [1.82, 2.24) is 0 Å². The predicted octanol–water partition coefficient (Wildman–Crippen LogP) is 11.0. The van der Waals surface area contributed by atoms with Crippen LogP contribution in [0.3, 0.4) is 0 Å². The summed E-state index contributed by atoms with van der Waals surface area (Å²) in [7, 11) is 1.62. The SMILES string of the molecule is COCCOC(=O)C(=C(C)C(=O)O)C(C1CCCCCCCCC1)(C1CCCCCCCCC1)C1CCCCCCCCC1. The summed E-state index contributed by atoms with van der Waals surface area (Å²) < 4.78 is 11.3. The monoisotopic (exact) mass is 617 g/mol. The molecule has 0 unspecified atom stereocenters. The van der Waals surface area contributed by atoms with Gasteiger partial charge in [0.2, 0.25) is 0 Å². The highest BCUT2D eigenvalue weighted by Crippen LogP contribution is 2.59. The molecule has 0 spiro atoms. The van der Waals surface area contributed by atoms with Gasteiger partial charge in [0.1, 0.15) is 6.61 Å². The van der Waals surface area contributed by atoms with Crippen LogP contribution in [-0.4, -0.2) is 37.4 Å². The van der Waals surface area contributed by atoms with Crippen LogP contribution in [-0.2, 0) is 19.1 Å². The molecule has 0 radical (unpaired) electrons. The number of ether oxygens (including phenoxy) is 2. The van der Waals surface area contributed by atoms with Crippen LogP contribution in [0.25, 0.3) is 0 Å². The highest BCUT2D eigenvalue weighted by Gasteiger charge is 2.55. The van der Waals surface area contributed by atoms with Crippen LogP contribution < -0.4 is 0 Å². The van der Waals surface area contributed by atoms with Gasteiger partial charge in [-0.1, -0.05) is 135 Å². The number of carboxylic acids is 1. The smallest absolute Gasteiger partial charge is 0.335 e. The van der Waals surface area contributed by atoms with E-state index in [9.17, 15) is 14.7 Å². The van der Waals surface area contributed by atoms with Crippen LogP contribution in [0.4, 0.5) is 0 Å². The lowest BCUT2D eigenvalue weighted by Gasteiger charge is -2.54. The molecule has 0 aromatic heterocycles. The molecule has 0 saturated heterocycles. The molecule has 254 valence electrons. The van der Waals surface area contributed by atoms with Gasteiger partial charge in [-0.3, -0.25) is 0 Å². The summed E-state index contributed by atoms with van der Waals surface area (Å²) >= 11 is 0. The van der Waals surface area contributed by atoms with E-state index in [0.29, 0.717) is 29.9 Å². The summed E-state index contributed by atoms with van der Waals surface area (Å²) in [4.78, 5) is 27.6. The maximum absolute atomic E-state index is 14.6. The normalized spacial score (nSPS) is 23.2. The number of hydrogen-bond acceptors (Lipinski definition) is 4. The van der Waals surface area contributed by atoms with Gasteiger partial charge in [0.15, 0.2) is 0 Å². The second-order valence-corrected chi connectivity index (χ2v) is 14.6. The first-order valence-corrected chi connectivity index (χ1v) is 19.1. The molecule has 3 fully saturated rings. The fourth-order valence-corrected chi connectivity index (χ4v) is 9.53. The zero-order valence-corrected chi connectivity index (χ0v) is 28.8. The first kappa shape index (κ1) is 37.1. The molecule has 0 bridgehead atoms. The Morgan fingerprint density at radius 2 is 0.841 bits per heavy atom.